The number of thioether (sulfide) groups is 1. The van der Waals surface area contributed by atoms with Crippen LogP contribution in [0.1, 0.15) is 44.9 Å². The highest BCUT2D eigenvalue weighted by Crippen LogP contribution is 2.48. The lowest BCUT2D eigenvalue weighted by atomic mass is 9.77. The molecule has 2 N–H and O–H groups in total. The molecular weight excluding hydrogens is 1020 g/mol. The number of methoxy groups -OCH3 is 1. The van der Waals surface area contributed by atoms with Crippen molar-refractivity contribution in [1.82, 2.24) is 20.2 Å². The molecule has 11 nitrogen and oxygen atoms in total. The lowest BCUT2D eigenvalue weighted by Crippen LogP contribution is -2.56. The van der Waals surface area contributed by atoms with Gasteiger partial charge < -0.3 is 29.8 Å². The highest BCUT2D eigenvalue weighted by Gasteiger charge is 2.49. The Labute approximate surface area is 413 Å². The van der Waals surface area contributed by atoms with E-state index in [2.05, 4.69) is 86.9 Å². The molecule has 2 aromatic heterocycles. The molecule has 16 heteroatoms. The van der Waals surface area contributed by atoms with Gasteiger partial charge in [-0.25, -0.2) is 14.8 Å². The summed E-state index contributed by atoms with van der Waals surface area (Å²) in [6.45, 7) is 0.00622. The first-order chi connectivity index (χ1) is 32.3. The molecule has 2 aliphatic rings. The van der Waals surface area contributed by atoms with Gasteiger partial charge in [0, 0.05) is 27.2 Å². The van der Waals surface area contributed by atoms with Crippen LogP contribution in [0.4, 0.5) is 5.13 Å². The summed E-state index contributed by atoms with van der Waals surface area (Å²) in [4.78, 5) is 47.0. The average molecular weight is 1060 g/mol. The van der Waals surface area contributed by atoms with E-state index in [0.717, 1.165) is 37.9 Å². The number of carbonyl (C=O) groups is 2. The van der Waals surface area contributed by atoms with Crippen LogP contribution in [-0.2, 0) is 35.7 Å². The minimum absolute atomic E-state index is 0.00622. The van der Waals surface area contributed by atoms with Crippen LogP contribution in [0, 0.1) is 0 Å². The Balaban J connectivity index is 1.07. The number of halogens is 1. The number of esters is 1. The van der Waals surface area contributed by atoms with E-state index in [4.69, 9.17) is 36.5 Å². The number of nitrogens with zero attached hydrogens (tertiary/aromatic N) is 4. The molecule has 1 fully saturated rings. The summed E-state index contributed by atoms with van der Waals surface area (Å²) in [6.07, 6.45) is 0.535. The van der Waals surface area contributed by atoms with E-state index in [1.54, 1.807) is 12.5 Å². The van der Waals surface area contributed by atoms with Crippen LogP contribution in [0.2, 0.25) is 0 Å². The second-order valence-electron chi connectivity index (χ2n) is 15.1. The average Bonchev–Trinajstić information content (AvgIpc) is 4.05. The smallest absolute Gasteiger partial charge is 0.355 e. The topological polar surface area (TPSA) is 127 Å². The highest BCUT2D eigenvalue weighted by atomic mass is 127. The summed E-state index contributed by atoms with van der Waals surface area (Å²) >= 11 is 12.3. The van der Waals surface area contributed by atoms with Gasteiger partial charge in [0.25, 0.3) is 5.91 Å². The summed E-state index contributed by atoms with van der Waals surface area (Å²) in [5.74, 6) is -0.455. The molecule has 7 aromatic rings. The second kappa shape index (κ2) is 20.3. The molecule has 4 heterocycles. The highest BCUT2D eigenvalue weighted by molar-refractivity contribution is 14.1. The van der Waals surface area contributed by atoms with Crippen LogP contribution in [0.3, 0.4) is 0 Å². The zero-order valence-corrected chi connectivity index (χ0v) is 41.0. The SMILES string of the molecule is CON=C(C(=O)NC1S[C@H]2CC(=S)N2C(C(=O)OCc2ccc(OC)cc2)=C1c1nc(-c2ccc(CI)cc2)cs1)c1csc(NC(c2ccccc2)(c2ccccc2)c2ccccc2)n1. The third-order valence-electron chi connectivity index (χ3n) is 11.1. The summed E-state index contributed by atoms with van der Waals surface area (Å²) in [5.41, 5.74) is 6.76. The Bertz CT molecular complexity index is 2820. The monoisotopic (exact) mass is 1060 g/mol. The fraction of sp³-hybridized carbons (Fsp3) is 0.160. The number of rotatable bonds is 16. The van der Waals surface area contributed by atoms with Crippen LogP contribution < -0.4 is 15.4 Å². The zero-order chi connectivity index (χ0) is 45.6. The van der Waals surface area contributed by atoms with Crippen LogP contribution in [0.5, 0.6) is 5.75 Å². The Morgan fingerprint density at radius 3 is 2.02 bits per heavy atom. The summed E-state index contributed by atoms with van der Waals surface area (Å²) in [7, 11) is 2.99. The normalized spacial score (nSPS) is 16.0. The molecule has 0 aliphatic carbocycles. The van der Waals surface area contributed by atoms with Crippen molar-refractivity contribution in [3.63, 3.8) is 0 Å². The van der Waals surface area contributed by atoms with Crippen LogP contribution in [0.15, 0.2) is 161 Å². The van der Waals surface area contributed by atoms with E-state index in [1.807, 2.05) is 101 Å². The number of thiocarbonyl (C=S) groups is 1. The van der Waals surface area contributed by atoms with Crippen molar-refractivity contribution in [2.75, 3.05) is 19.5 Å². The van der Waals surface area contributed by atoms with Gasteiger partial charge in [-0.2, -0.15) is 0 Å². The van der Waals surface area contributed by atoms with Crippen molar-refractivity contribution in [1.29, 1.82) is 0 Å². The third kappa shape index (κ3) is 9.24. The Morgan fingerprint density at radius 1 is 0.818 bits per heavy atom. The number of benzene rings is 5. The Morgan fingerprint density at radius 2 is 1.44 bits per heavy atom. The molecule has 332 valence electrons. The number of hydrogen-bond acceptors (Lipinski definition) is 13. The maximum absolute atomic E-state index is 14.7. The lowest BCUT2D eigenvalue weighted by molar-refractivity contribution is -0.141. The van der Waals surface area contributed by atoms with E-state index >= 15 is 0 Å². The predicted molar refractivity (Wildman–Crippen MR) is 276 cm³/mol. The van der Waals surface area contributed by atoms with Gasteiger partial charge in [0.2, 0.25) is 0 Å². The minimum Gasteiger partial charge on any atom is -0.497 e. The molecule has 1 amide bonds. The number of hydrogen-bond donors (Lipinski definition) is 2. The van der Waals surface area contributed by atoms with E-state index in [-0.39, 0.29) is 23.4 Å². The lowest BCUT2D eigenvalue weighted by Gasteiger charge is -2.48. The quantitative estimate of drug-likeness (QED) is 0.0183. The molecule has 9 rings (SSSR count). The predicted octanol–water partition coefficient (Wildman–Crippen LogP) is 10.7. The standard InChI is InChI=1S/C50H41IN6O5S4/c1-60-37-24-20-32(21-25-37)28-62-48(59)44-42(46-52-38(29-64-46)33-22-18-31(27-51)19-23-33)47(66-41-26-40(63)57(41)44)54-45(58)43(56-61-2)39-30-65-49(53-39)55-50(34-12-6-3-7-13-34,35-14-8-4-9-15-35)36-16-10-5-11-17-36/h3-25,29-30,41,47H,26-28H2,1-2H3,(H,53,55)(H,54,58)/t41-,47?/m0/s1. The second-order valence-corrected chi connectivity index (χ2v) is 19.3. The van der Waals surface area contributed by atoms with Gasteiger partial charge in [0.15, 0.2) is 10.8 Å². The largest absolute Gasteiger partial charge is 0.497 e. The molecule has 0 bridgehead atoms. The molecule has 1 unspecified atom stereocenters. The van der Waals surface area contributed by atoms with Crippen LogP contribution in [-0.4, -0.2) is 62.4 Å². The number of oxime groups is 1. The summed E-state index contributed by atoms with van der Waals surface area (Å²) in [5, 5.41) is 15.0. The molecule has 2 atom stereocenters. The van der Waals surface area contributed by atoms with Gasteiger partial charge in [-0.05, 0) is 39.9 Å². The van der Waals surface area contributed by atoms with Crippen LogP contribution in [0.25, 0.3) is 16.8 Å². The number of carbonyl (C=O) groups excluding carboxylic acids is 2. The maximum atomic E-state index is 14.7. The van der Waals surface area contributed by atoms with E-state index < -0.39 is 22.8 Å². The van der Waals surface area contributed by atoms with Gasteiger partial charge in [-0.15, -0.1) is 34.4 Å². The minimum atomic E-state index is -0.851. The van der Waals surface area contributed by atoms with Gasteiger partial charge in [0.05, 0.1) is 28.7 Å². The molecule has 0 saturated carbocycles. The number of thiazole rings is 2. The van der Waals surface area contributed by atoms with Crippen molar-refractivity contribution in [2.45, 2.75) is 33.7 Å². The van der Waals surface area contributed by atoms with Gasteiger partial charge in [-0.1, -0.05) is 167 Å². The first-order valence-corrected chi connectivity index (χ1v) is 25.4. The number of alkyl halides is 1. The number of aromatic nitrogens is 2. The first kappa shape index (κ1) is 45.2. The molecule has 5 aromatic carbocycles. The van der Waals surface area contributed by atoms with Crippen molar-refractivity contribution in [2.24, 2.45) is 5.16 Å². The Kier molecular flexibility index (Phi) is 13.9. The van der Waals surface area contributed by atoms with Crippen molar-refractivity contribution >= 4 is 103 Å². The number of anilines is 1. The number of nitrogens with one attached hydrogen (secondary N) is 2. The third-order valence-corrected chi connectivity index (χ3v) is 15.3. The van der Waals surface area contributed by atoms with Gasteiger partial charge in [-0.3, -0.25) is 4.79 Å². The van der Waals surface area contributed by atoms with Crippen molar-refractivity contribution in [3.8, 4) is 17.0 Å². The molecule has 1 saturated heterocycles. The van der Waals surface area contributed by atoms with E-state index in [0.29, 0.717) is 38.6 Å². The fourth-order valence-electron chi connectivity index (χ4n) is 7.87. The molecule has 0 radical (unpaired) electrons. The molecule has 66 heavy (non-hydrogen) atoms. The van der Waals surface area contributed by atoms with Crippen molar-refractivity contribution < 1.29 is 23.9 Å². The molecular formula is C50H41IN6O5S4. The van der Waals surface area contributed by atoms with Gasteiger partial charge >= 0.3 is 5.97 Å². The van der Waals surface area contributed by atoms with E-state index in [1.165, 1.54) is 47.1 Å². The fourth-order valence-corrected chi connectivity index (χ4v) is 12.1. The maximum Gasteiger partial charge on any atom is 0.355 e. The number of ether oxygens (including phenoxy) is 2. The molecule has 0 spiro atoms. The zero-order valence-electron chi connectivity index (χ0n) is 35.6. The summed E-state index contributed by atoms with van der Waals surface area (Å²) in [6, 6.07) is 46.1. The number of amides is 1. The van der Waals surface area contributed by atoms with Crippen LogP contribution >= 0.6 is 69.2 Å². The Hall–Kier alpha value is -5.92. The van der Waals surface area contributed by atoms with Gasteiger partial charge in [0.1, 0.15) is 46.8 Å². The number of fused-ring (bicyclic) bond motifs is 1. The molecule has 2 aliphatic heterocycles. The summed E-state index contributed by atoms with van der Waals surface area (Å²) < 4.78 is 12.2. The first-order valence-electron chi connectivity index (χ1n) is 20.7. The van der Waals surface area contributed by atoms with E-state index in [9.17, 15) is 9.59 Å². The van der Waals surface area contributed by atoms with Crippen molar-refractivity contribution in [3.05, 3.63) is 195 Å².